The molecule has 0 aliphatic heterocycles. The summed E-state index contributed by atoms with van der Waals surface area (Å²) in [6.07, 6.45) is 0.987. The van der Waals surface area contributed by atoms with Crippen molar-refractivity contribution in [2.24, 2.45) is 0 Å². The Labute approximate surface area is 223 Å². The van der Waals surface area contributed by atoms with Crippen molar-refractivity contribution in [2.75, 3.05) is 12.3 Å². The monoisotopic (exact) mass is 579 g/mol. The van der Waals surface area contributed by atoms with E-state index in [-0.39, 0.29) is 12.4 Å². The minimum Gasteiger partial charge on any atom is -0.489 e. The van der Waals surface area contributed by atoms with Gasteiger partial charge < -0.3 is 10.1 Å². The van der Waals surface area contributed by atoms with Gasteiger partial charge in [-0.05, 0) is 71.4 Å². The van der Waals surface area contributed by atoms with E-state index in [1.54, 1.807) is 16.4 Å². The minimum absolute atomic E-state index is 0. The van der Waals surface area contributed by atoms with Gasteiger partial charge in [0.1, 0.15) is 12.4 Å². The van der Waals surface area contributed by atoms with Gasteiger partial charge in [-0.25, -0.2) is 0 Å². The third kappa shape index (κ3) is 7.71. The van der Waals surface area contributed by atoms with Crippen LogP contribution in [-0.4, -0.2) is 32.5 Å². The molecule has 0 atom stereocenters. The fourth-order valence-electron chi connectivity index (χ4n) is 3.15. The number of ether oxygens (including phenoxy) is 1. The molecule has 0 unspecified atom stereocenters. The van der Waals surface area contributed by atoms with E-state index in [0.29, 0.717) is 6.61 Å². The minimum atomic E-state index is 0. The van der Waals surface area contributed by atoms with Crippen molar-refractivity contribution >= 4 is 51.7 Å². The lowest BCUT2D eigenvalue weighted by Crippen LogP contribution is -2.16. The quantitative estimate of drug-likeness (QED) is 0.165. The number of para-hydroxylation sites is 1. The highest BCUT2D eigenvalue weighted by molar-refractivity contribution is 9.10. The molecule has 0 saturated heterocycles. The topological polar surface area (TPSA) is 64.9 Å². The zero-order valence-electron chi connectivity index (χ0n) is 18.2. The number of nitrogens with zero attached hydrogens (tertiary/aromatic N) is 4. The maximum absolute atomic E-state index is 6.07. The van der Waals surface area contributed by atoms with Crippen LogP contribution in [0.15, 0.2) is 82.4 Å². The second-order valence-electron chi connectivity index (χ2n) is 7.25. The Hall–Kier alpha value is -2.10. The Kier molecular flexibility index (Phi) is 10.7. The van der Waals surface area contributed by atoms with Crippen LogP contribution >= 0.6 is 51.7 Å². The average molecular weight is 581 g/mol. The first-order valence-corrected chi connectivity index (χ1v) is 12.7. The first kappa shape index (κ1) is 26.5. The van der Waals surface area contributed by atoms with Gasteiger partial charge in [0.15, 0.2) is 0 Å². The van der Waals surface area contributed by atoms with Crippen LogP contribution in [0.5, 0.6) is 5.75 Å². The van der Waals surface area contributed by atoms with Gasteiger partial charge in [0.05, 0.1) is 5.69 Å². The molecule has 3 aromatic carbocycles. The fraction of sp³-hybridized carbons (Fsp3) is 0.208. The first-order chi connectivity index (χ1) is 16.2. The van der Waals surface area contributed by atoms with Crippen molar-refractivity contribution in [1.29, 1.82) is 0 Å². The second-order valence-corrected chi connectivity index (χ2v) is 9.67. The van der Waals surface area contributed by atoms with Crippen molar-refractivity contribution in [3.8, 4) is 11.4 Å². The highest BCUT2D eigenvalue weighted by Crippen LogP contribution is 2.25. The Morgan fingerprint density at radius 1 is 1.03 bits per heavy atom. The van der Waals surface area contributed by atoms with Gasteiger partial charge in [0, 0.05) is 27.4 Å². The zero-order chi connectivity index (χ0) is 22.9. The summed E-state index contributed by atoms with van der Waals surface area (Å²) < 4.78 is 8.86. The van der Waals surface area contributed by atoms with Crippen LogP contribution < -0.4 is 10.1 Å². The first-order valence-electron chi connectivity index (χ1n) is 10.5. The molecule has 34 heavy (non-hydrogen) atoms. The van der Waals surface area contributed by atoms with Crippen LogP contribution in [-0.2, 0) is 13.2 Å². The van der Waals surface area contributed by atoms with Gasteiger partial charge in [-0.15, -0.1) is 17.5 Å². The summed E-state index contributed by atoms with van der Waals surface area (Å²) in [4.78, 5) is 0. The van der Waals surface area contributed by atoms with Crippen molar-refractivity contribution in [3.63, 3.8) is 0 Å². The summed E-state index contributed by atoms with van der Waals surface area (Å²) in [7, 11) is 0. The van der Waals surface area contributed by atoms with Gasteiger partial charge in [-0.1, -0.05) is 69.6 Å². The second kappa shape index (κ2) is 13.7. The highest BCUT2D eigenvalue weighted by atomic mass is 79.9. The van der Waals surface area contributed by atoms with Gasteiger partial charge in [-0.3, -0.25) is 0 Å². The van der Waals surface area contributed by atoms with Gasteiger partial charge >= 0.3 is 0 Å². The number of tetrazole rings is 1. The van der Waals surface area contributed by atoms with Crippen molar-refractivity contribution in [2.45, 2.75) is 24.7 Å². The molecule has 0 radical (unpaired) electrons. The van der Waals surface area contributed by atoms with Crippen molar-refractivity contribution < 1.29 is 4.74 Å². The Morgan fingerprint density at radius 3 is 2.62 bits per heavy atom. The summed E-state index contributed by atoms with van der Waals surface area (Å²) in [6.45, 7) is 2.10. The number of thioether (sulfide) groups is 1. The number of rotatable bonds is 11. The van der Waals surface area contributed by atoms with E-state index >= 15 is 0 Å². The molecule has 0 bridgehead atoms. The molecule has 0 aliphatic carbocycles. The molecule has 4 rings (SSSR count). The molecule has 0 amide bonds. The summed E-state index contributed by atoms with van der Waals surface area (Å²) in [5.74, 6) is 1.79. The van der Waals surface area contributed by atoms with E-state index < -0.39 is 0 Å². The third-order valence-electron chi connectivity index (χ3n) is 4.82. The average Bonchev–Trinajstić information content (AvgIpc) is 3.31. The Morgan fingerprint density at radius 2 is 1.82 bits per heavy atom. The van der Waals surface area contributed by atoms with Gasteiger partial charge in [-0.2, -0.15) is 4.68 Å². The predicted octanol–water partition coefficient (Wildman–Crippen LogP) is 6.35. The molecule has 1 N–H and O–H groups in total. The summed E-state index contributed by atoms with van der Waals surface area (Å²) in [5, 5.41) is 17.1. The largest absolute Gasteiger partial charge is 0.489 e. The maximum atomic E-state index is 6.07. The van der Waals surface area contributed by atoms with E-state index in [2.05, 4.69) is 42.8 Å². The number of benzene rings is 3. The summed E-state index contributed by atoms with van der Waals surface area (Å²) >= 11 is 11.2. The number of hydrogen-bond donors (Lipinski definition) is 1. The van der Waals surface area contributed by atoms with E-state index in [4.69, 9.17) is 16.3 Å². The van der Waals surface area contributed by atoms with E-state index in [1.807, 2.05) is 66.7 Å². The standard InChI is InChI=1S/C24H23BrClN5OS.ClH/c25-20-9-12-23(32-17-18-7-10-21(26)11-8-18)19(15-20)16-27-13-4-14-33-24-28-29-30-31(24)22-5-2-1-3-6-22;/h1-3,5-12,15,27H,4,13-14,16-17H2;1H. The fourth-order valence-corrected chi connectivity index (χ4v) is 4.52. The molecule has 178 valence electrons. The Balaban J connectivity index is 0.00000324. The van der Waals surface area contributed by atoms with E-state index in [1.165, 1.54) is 0 Å². The normalized spacial score (nSPS) is 10.6. The molecular formula is C24H24BrCl2N5OS. The lowest BCUT2D eigenvalue weighted by atomic mass is 10.2. The van der Waals surface area contributed by atoms with Gasteiger partial charge in [0.2, 0.25) is 5.16 Å². The molecular weight excluding hydrogens is 557 g/mol. The number of hydrogen-bond acceptors (Lipinski definition) is 6. The van der Waals surface area contributed by atoms with E-state index in [9.17, 15) is 0 Å². The zero-order valence-corrected chi connectivity index (χ0v) is 22.2. The van der Waals surface area contributed by atoms with Crippen LogP contribution in [0.2, 0.25) is 5.02 Å². The summed E-state index contributed by atoms with van der Waals surface area (Å²) in [5.41, 5.74) is 3.15. The summed E-state index contributed by atoms with van der Waals surface area (Å²) in [6, 6.07) is 23.7. The molecule has 10 heteroatoms. The number of halogens is 3. The highest BCUT2D eigenvalue weighted by Gasteiger charge is 2.09. The lowest BCUT2D eigenvalue weighted by molar-refractivity contribution is 0.302. The van der Waals surface area contributed by atoms with Crippen LogP contribution in [0.3, 0.4) is 0 Å². The molecule has 4 aromatic rings. The smallest absolute Gasteiger partial charge is 0.214 e. The van der Waals surface area contributed by atoms with Crippen LogP contribution in [0.4, 0.5) is 0 Å². The lowest BCUT2D eigenvalue weighted by Gasteiger charge is -2.13. The maximum Gasteiger partial charge on any atom is 0.214 e. The van der Waals surface area contributed by atoms with Crippen LogP contribution in [0.25, 0.3) is 5.69 Å². The molecule has 6 nitrogen and oxygen atoms in total. The third-order valence-corrected chi connectivity index (χ3v) is 6.57. The molecule has 0 spiro atoms. The van der Waals surface area contributed by atoms with Crippen molar-refractivity contribution in [3.05, 3.63) is 93.4 Å². The SMILES string of the molecule is Cl.Clc1ccc(COc2ccc(Br)cc2CNCCCSc2nnnn2-c2ccccc2)cc1. The Bertz CT molecular complexity index is 1160. The predicted molar refractivity (Wildman–Crippen MR) is 143 cm³/mol. The van der Waals surface area contributed by atoms with E-state index in [0.717, 1.165) is 62.5 Å². The van der Waals surface area contributed by atoms with Crippen LogP contribution in [0.1, 0.15) is 17.5 Å². The number of aromatic nitrogens is 4. The molecule has 0 saturated carbocycles. The van der Waals surface area contributed by atoms with Crippen molar-refractivity contribution in [1.82, 2.24) is 25.5 Å². The van der Waals surface area contributed by atoms with Gasteiger partial charge in [0.25, 0.3) is 0 Å². The number of nitrogens with one attached hydrogen (secondary N) is 1. The molecule has 0 fully saturated rings. The van der Waals surface area contributed by atoms with Crippen LogP contribution in [0, 0.1) is 0 Å². The molecule has 1 aromatic heterocycles. The molecule has 1 heterocycles. The molecule has 0 aliphatic rings.